The Morgan fingerprint density at radius 3 is 2.80 bits per heavy atom. The number of nitrogens with one attached hydrogen (secondary N) is 1. The summed E-state index contributed by atoms with van der Waals surface area (Å²) in [6, 6.07) is 8.42. The van der Waals surface area contributed by atoms with Crippen molar-refractivity contribution in [3.05, 3.63) is 85.4 Å². The van der Waals surface area contributed by atoms with Crippen molar-refractivity contribution < 1.29 is 19.2 Å². The van der Waals surface area contributed by atoms with Crippen LogP contribution in [0.1, 0.15) is 23.0 Å². The zero-order chi connectivity index (χ0) is 21.8. The summed E-state index contributed by atoms with van der Waals surface area (Å²) in [4.78, 5) is 50.9. The van der Waals surface area contributed by atoms with Gasteiger partial charge in [0, 0.05) is 30.0 Å². The topological polar surface area (TPSA) is 133 Å². The van der Waals surface area contributed by atoms with Crippen LogP contribution >= 0.6 is 11.6 Å². The van der Waals surface area contributed by atoms with Gasteiger partial charge in [-0.2, -0.15) is 0 Å². The zero-order valence-electron chi connectivity index (χ0n) is 15.6. The average Bonchev–Trinajstić information content (AvgIpc) is 2.72. The fraction of sp³-hybridized carbons (Fsp3) is 0.158. The normalized spacial score (nSPS) is 11.7. The molecule has 0 radical (unpaired) electrons. The lowest BCUT2D eigenvalue weighted by Gasteiger charge is -2.13. The summed E-state index contributed by atoms with van der Waals surface area (Å²) in [6.45, 7) is 1.13. The number of pyridine rings is 1. The van der Waals surface area contributed by atoms with Crippen LogP contribution in [0.15, 0.2) is 53.5 Å². The number of benzene rings is 1. The average molecular weight is 431 g/mol. The number of nitro benzene ring substituents is 1. The predicted molar refractivity (Wildman–Crippen MR) is 106 cm³/mol. The number of fused-ring (bicyclic) bond motifs is 1. The molecule has 1 aromatic carbocycles. The number of hydrogen-bond acceptors (Lipinski definition) is 7. The van der Waals surface area contributed by atoms with E-state index in [1.807, 2.05) is 0 Å². The molecule has 0 aliphatic carbocycles. The third-order valence-electron chi connectivity index (χ3n) is 4.06. The standard InChI is InChI=1S/C19H15ClN4O6/c1-11(21-18(26)12-3-2-4-15(7-12)24(28)29)19(27)30-10-14-8-17(25)23-9-13(20)5-6-16(23)22-14/h2-9,11H,10H2,1H3,(H,21,26)/t11-/m0/s1. The summed E-state index contributed by atoms with van der Waals surface area (Å²) in [7, 11) is 0. The molecule has 2 aromatic heterocycles. The highest BCUT2D eigenvalue weighted by atomic mass is 35.5. The van der Waals surface area contributed by atoms with E-state index in [-0.39, 0.29) is 29.1 Å². The quantitative estimate of drug-likeness (QED) is 0.359. The number of amides is 1. The van der Waals surface area contributed by atoms with E-state index in [9.17, 15) is 24.5 Å². The maximum absolute atomic E-state index is 12.2. The second-order valence-electron chi connectivity index (χ2n) is 6.27. The van der Waals surface area contributed by atoms with Gasteiger partial charge in [-0.1, -0.05) is 17.7 Å². The van der Waals surface area contributed by atoms with Crippen LogP contribution in [0.5, 0.6) is 0 Å². The summed E-state index contributed by atoms with van der Waals surface area (Å²) >= 11 is 5.85. The predicted octanol–water partition coefficient (Wildman–Crippen LogP) is 2.12. The highest BCUT2D eigenvalue weighted by molar-refractivity contribution is 6.30. The Bertz CT molecular complexity index is 1210. The second kappa shape index (κ2) is 8.70. The summed E-state index contributed by atoms with van der Waals surface area (Å²) in [5.74, 6) is -1.42. The molecule has 0 fully saturated rings. The maximum Gasteiger partial charge on any atom is 0.328 e. The summed E-state index contributed by atoms with van der Waals surface area (Å²) < 4.78 is 6.38. The minimum atomic E-state index is -1.03. The SMILES string of the molecule is C[C@H](NC(=O)c1cccc([N+](=O)[O-])c1)C(=O)OCc1cc(=O)n2cc(Cl)ccc2n1. The maximum atomic E-state index is 12.2. The number of rotatable bonds is 6. The summed E-state index contributed by atoms with van der Waals surface area (Å²) in [6.07, 6.45) is 1.42. The molecule has 0 spiro atoms. The Kier molecular flexibility index (Phi) is 6.07. The van der Waals surface area contributed by atoms with E-state index >= 15 is 0 Å². The number of halogens is 1. The van der Waals surface area contributed by atoms with E-state index in [1.54, 1.807) is 12.1 Å². The lowest BCUT2D eigenvalue weighted by atomic mass is 10.2. The van der Waals surface area contributed by atoms with Crippen molar-refractivity contribution in [2.45, 2.75) is 19.6 Å². The molecule has 0 saturated carbocycles. The van der Waals surface area contributed by atoms with E-state index in [2.05, 4.69) is 10.3 Å². The Hall–Kier alpha value is -3.79. The molecule has 154 valence electrons. The van der Waals surface area contributed by atoms with Gasteiger partial charge in [0.2, 0.25) is 0 Å². The minimum Gasteiger partial charge on any atom is -0.458 e. The molecular formula is C19H15ClN4O6. The molecule has 0 saturated heterocycles. The van der Waals surface area contributed by atoms with E-state index in [1.165, 1.54) is 41.8 Å². The number of carbonyl (C=O) groups is 2. The lowest BCUT2D eigenvalue weighted by molar-refractivity contribution is -0.384. The molecule has 1 N–H and O–H groups in total. The summed E-state index contributed by atoms with van der Waals surface area (Å²) in [5, 5.41) is 13.6. The monoisotopic (exact) mass is 430 g/mol. The van der Waals surface area contributed by atoms with Crippen molar-refractivity contribution in [3.8, 4) is 0 Å². The zero-order valence-corrected chi connectivity index (χ0v) is 16.3. The first kappa shape index (κ1) is 20.9. The Balaban J connectivity index is 1.63. The largest absolute Gasteiger partial charge is 0.458 e. The molecule has 0 bridgehead atoms. The summed E-state index contributed by atoms with van der Waals surface area (Å²) in [5.41, 5.74) is -0.0296. The molecule has 0 aliphatic rings. The Morgan fingerprint density at radius 1 is 1.30 bits per heavy atom. The fourth-order valence-corrected chi connectivity index (χ4v) is 2.73. The number of nitrogens with zero attached hydrogens (tertiary/aromatic N) is 3. The van der Waals surface area contributed by atoms with Crippen LogP contribution in [0.2, 0.25) is 5.02 Å². The number of ether oxygens (including phenoxy) is 1. The van der Waals surface area contributed by atoms with Crippen molar-refractivity contribution in [2.75, 3.05) is 0 Å². The van der Waals surface area contributed by atoms with Gasteiger partial charge in [0.05, 0.1) is 15.6 Å². The van der Waals surface area contributed by atoms with E-state index in [0.717, 1.165) is 6.07 Å². The van der Waals surface area contributed by atoms with Gasteiger partial charge in [0.25, 0.3) is 17.2 Å². The first-order valence-electron chi connectivity index (χ1n) is 8.64. The highest BCUT2D eigenvalue weighted by Gasteiger charge is 2.20. The Labute approximate surface area is 174 Å². The molecule has 2 heterocycles. The van der Waals surface area contributed by atoms with Gasteiger partial charge in [0.1, 0.15) is 18.3 Å². The van der Waals surface area contributed by atoms with Crippen molar-refractivity contribution in [1.82, 2.24) is 14.7 Å². The lowest BCUT2D eigenvalue weighted by Crippen LogP contribution is -2.39. The molecular weight excluding hydrogens is 416 g/mol. The van der Waals surface area contributed by atoms with E-state index in [0.29, 0.717) is 10.7 Å². The number of nitro groups is 1. The number of esters is 1. The molecule has 30 heavy (non-hydrogen) atoms. The van der Waals surface area contributed by atoms with Gasteiger partial charge in [0.15, 0.2) is 0 Å². The van der Waals surface area contributed by atoms with Gasteiger partial charge in [-0.15, -0.1) is 0 Å². The van der Waals surface area contributed by atoms with Crippen molar-refractivity contribution >= 4 is 34.8 Å². The highest BCUT2D eigenvalue weighted by Crippen LogP contribution is 2.13. The van der Waals surface area contributed by atoms with Crippen molar-refractivity contribution in [2.24, 2.45) is 0 Å². The van der Waals surface area contributed by atoms with Gasteiger partial charge in [-0.3, -0.25) is 24.1 Å². The van der Waals surface area contributed by atoms with Crippen LogP contribution < -0.4 is 10.9 Å². The second-order valence-corrected chi connectivity index (χ2v) is 6.71. The number of carbonyl (C=O) groups excluding carboxylic acids is 2. The van der Waals surface area contributed by atoms with Gasteiger partial charge >= 0.3 is 5.97 Å². The molecule has 0 aliphatic heterocycles. The van der Waals surface area contributed by atoms with Crippen molar-refractivity contribution in [3.63, 3.8) is 0 Å². The van der Waals surface area contributed by atoms with Gasteiger partial charge < -0.3 is 10.1 Å². The van der Waals surface area contributed by atoms with Crippen LogP contribution in [0, 0.1) is 10.1 Å². The number of aromatic nitrogens is 2. The molecule has 1 amide bonds. The molecule has 11 heteroatoms. The van der Waals surface area contributed by atoms with Gasteiger partial charge in [-0.05, 0) is 25.1 Å². The first-order valence-corrected chi connectivity index (χ1v) is 9.02. The number of hydrogen-bond donors (Lipinski definition) is 1. The van der Waals surface area contributed by atoms with Crippen LogP contribution in [-0.2, 0) is 16.1 Å². The molecule has 1 atom stereocenters. The van der Waals surface area contributed by atoms with Crippen LogP contribution in [0.25, 0.3) is 5.65 Å². The van der Waals surface area contributed by atoms with Crippen LogP contribution in [-0.4, -0.2) is 32.2 Å². The third kappa shape index (κ3) is 4.78. The molecule has 3 aromatic rings. The van der Waals surface area contributed by atoms with Gasteiger partial charge in [-0.25, -0.2) is 9.78 Å². The third-order valence-corrected chi connectivity index (χ3v) is 4.28. The molecule has 0 unspecified atom stereocenters. The van der Waals surface area contributed by atoms with Crippen LogP contribution in [0.4, 0.5) is 5.69 Å². The fourth-order valence-electron chi connectivity index (χ4n) is 2.57. The smallest absolute Gasteiger partial charge is 0.328 e. The van der Waals surface area contributed by atoms with Crippen molar-refractivity contribution in [1.29, 1.82) is 0 Å². The van der Waals surface area contributed by atoms with E-state index < -0.39 is 22.8 Å². The minimum absolute atomic E-state index is 0.0340. The first-order chi connectivity index (χ1) is 14.2. The van der Waals surface area contributed by atoms with Crippen LogP contribution in [0.3, 0.4) is 0 Å². The number of non-ortho nitro benzene ring substituents is 1. The molecule has 3 rings (SSSR count). The Morgan fingerprint density at radius 2 is 2.07 bits per heavy atom. The van der Waals surface area contributed by atoms with E-state index in [4.69, 9.17) is 16.3 Å². The molecule has 10 nitrogen and oxygen atoms in total.